The monoisotopic (exact) mass is 425 g/mol. The first-order valence-corrected chi connectivity index (χ1v) is 9.51. The number of nitrogens with zero attached hydrogens (tertiary/aromatic N) is 1. The van der Waals surface area contributed by atoms with Crippen molar-refractivity contribution < 1.29 is 27.8 Å². The predicted molar refractivity (Wildman–Crippen MR) is 113 cm³/mol. The van der Waals surface area contributed by atoms with E-state index in [1.54, 1.807) is 43.4 Å². The molecule has 160 valence electrons. The maximum Gasteiger partial charge on any atom is 0.387 e. The average Bonchev–Trinajstić information content (AvgIpc) is 2.75. The largest absolute Gasteiger partial charge is 0.435 e. The molecule has 0 saturated carbocycles. The smallest absolute Gasteiger partial charge is 0.387 e. The topological polar surface area (TPSA) is 55.8 Å². The molecule has 7 heteroatoms. The molecule has 3 aromatic carbocycles. The summed E-state index contributed by atoms with van der Waals surface area (Å²) in [5.74, 6) is -0.294. The Kier molecular flexibility index (Phi) is 6.97. The van der Waals surface area contributed by atoms with E-state index in [4.69, 9.17) is 4.74 Å². The molecule has 0 saturated heterocycles. The lowest BCUT2D eigenvalue weighted by atomic mass is 10.1. The third-order valence-corrected chi connectivity index (χ3v) is 4.56. The fourth-order valence-corrected chi connectivity index (χ4v) is 2.87. The van der Waals surface area contributed by atoms with Gasteiger partial charge in [-0.1, -0.05) is 29.8 Å². The predicted octanol–water partition coefficient (Wildman–Crippen LogP) is 5.02. The van der Waals surface area contributed by atoms with Gasteiger partial charge in [-0.3, -0.25) is 9.59 Å². The number of carbonyl (C=O) groups is 2. The maximum atomic E-state index is 12.6. The van der Waals surface area contributed by atoms with Crippen LogP contribution in [-0.2, 0) is 11.2 Å². The molecule has 31 heavy (non-hydrogen) atoms. The normalized spacial score (nSPS) is 10.6. The first-order valence-electron chi connectivity index (χ1n) is 9.51. The summed E-state index contributed by atoms with van der Waals surface area (Å²) in [5.41, 5.74) is 2.91. The Morgan fingerprint density at radius 1 is 0.871 bits per heavy atom. The van der Waals surface area contributed by atoms with Crippen LogP contribution in [0, 0.1) is 6.92 Å². The van der Waals surface area contributed by atoms with Crippen LogP contribution in [0.15, 0.2) is 72.8 Å². The zero-order valence-corrected chi connectivity index (χ0v) is 17.0. The van der Waals surface area contributed by atoms with Gasteiger partial charge in [0.25, 0.3) is 5.91 Å². The van der Waals surface area contributed by atoms with Crippen LogP contribution in [0.3, 0.4) is 0 Å². The van der Waals surface area contributed by atoms with E-state index in [1.165, 1.54) is 29.2 Å². The van der Waals surface area contributed by atoms with Crippen molar-refractivity contribution >= 4 is 17.6 Å². The average molecular weight is 425 g/mol. The number of hydrogen-bond acceptors (Lipinski definition) is 4. The van der Waals surface area contributed by atoms with Crippen molar-refractivity contribution in [3.63, 3.8) is 0 Å². The fraction of sp³-hybridized carbons (Fsp3) is 0.167. The Labute approximate surface area is 178 Å². The Morgan fingerprint density at radius 2 is 1.45 bits per heavy atom. The number of ether oxygens (including phenoxy) is 2. The molecule has 1 amide bonds. The van der Waals surface area contributed by atoms with Crippen LogP contribution >= 0.6 is 0 Å². The second-order valence-electron chi connectivity index (χ2n) is 6.90. The number of anilines is 1. The zero-order chi connectivity index (χ0) is 22.4. The van der Waals surface area contributed by atoms with Crippen LogP contribution in [0.25, 0.3) is 0 Å². The van der Waals surface area contributed by atoms with E-state index in [0.717, 1.165) is 5.56 Å². The van der Waals surface area contributed by atoms with E-state index in [2.05, 4.69) is 4.74 Å². The number of hydrogen-bond donors (Lipinski definition) is 0. The van der Waals surface area contributed by atoms with E-state index in [1.807, 2.05) is 19.1 Å². The maximum absolute atomic E-state index is 12.6. The number of amides is 1. The minimum atomic E-state index is -2.90. The van der Waals surface area contributed by atoms with Gasteiger partial charge in [-0.25, -0.2) is 0 Å². The van der Waals surface area contributed by atoms with E-state index in [9.17, 15) is 18.4 Å². The molecule has 0 fully saturated rings. The van der Waals surface area contributed by atoms with Crippen LogP contribution in [0.1, 0.15) is 21.5 Å². The van der Waals surface area contributed by atoms with Crippen molar-refractivity contribution in [3.8, 4) is 11.5 Å². The second-order valence-corrected chi connectivity index (χ2v) is 6.90. The number of halogens is 2. The van der Waals surface area contributed by atoms with Gasteiger partial charge in [0.1, 0.15) is 11.5 Å². The van der Waals surface area contributed by atoms with Crippen LogP contribution in [0.2, 0.25) is 0 Å². The third-order valence-electron chi connectivity index (χ3n) is 4.56. The Bertz CT molecular complexity index is 1030. The lowest BCUT2D eigenvalue weighted by Gasteiger charge is -2.18. The van der Waals surface area contributed by atoms with E-state index in [-0.39, 0.29) is 18.1 Å². The fourth-order valence-electron chi connectivity index (χ4n) is 2.87. The Morgan fingerprint density at radius 3 is 2.03 bits per heavy atom. The number of esters is 1. The Balaban J connectivity index is 1.57. The summed E-state index contributed by atoms with van der Waals surface area (Å²) in [6, 6.07) is 19.7. The van der Waals surface area contributed by atoms with Crippen LogP contribution < -0.4 is 14.4 Å². The molecule has 5 nitrogen and oxygen atoms in total. The molecular formula is C24H21F2NO4. The van der Waals surface area contributed by atoms with Crippen molar-refractivity contribution in [1.82, 2.24) is 0 Å². The number of carbonyl (C=O) groups excluding carboxylic acids is 2. The summed E-state index contributed by atoms with van der Waals surface area (Å²) in [7, 11) is 1.67. The number of alkyl halides is 2. The van der Waals surface area contributed by atoms with Gasteiger partial charge >= 0.3 is 12.6 Å². The van der Waals surface area contributed by atoms with Gasteiger partial charge in [0.15, 0.2) is 0 Å². The first-order chi connectivity index (χ1) is 14.8. The van der Waals surface area contributed by atoms with Crippen molar-refractivity contribution in [3.05, 3.63) is 89.5 Å². The molecule has 0 spiro atoms. The molecule has 0 radical (unpaired) electrons. The highest BCUT2D eigenvalue weighted by Gasteiger charge is 2.14. The summed E-state index contributed by atoms with van der Waals surface area (Å²) >= 11 is 0. The molecule has 0 aliphatic rings. The van der Waals surface area contributed by atoms with E-state index < -0.39 is 12.6 Å². The molecular weight excluding hydrogens is 404 g/mol. The van der Waals surface area contributed by atoms with E-state index in [0.29, 0.717) is 22.6 Å². The van der Waals surface area contributed by atoms with Gasteiger partial charge in [0, 0.05) is 18.3 Å². The van der Waals surface area contributed by atoms with Crippen molar-refractivity contribution in [2.75, 3.05) is 11.9 Å². The highest BCUT2D eigenvalue weighted by atomic mass is 19.3. The molecule has 0 aliphatic carbocycles. The lowest BCUT2D eigenvalue weighted by molar-refractivity contribution is -0.133. The summed E-state index contributed by atoms with van der Waals surface area (Å²) in [6.07, 6.45) is -0.0253. The van der Waals surface area contributed by atoms with Crippen LogP contribution in [-0.4, -0.2) is 25.5 Å². The van der Waals surface area contributed by atoms with Crippen molar-refractivity contribution in [1.29, 1.82) is 0 Å². The zero-order valence-electron chi connectivity index (χ0n) is 17.0. The molecule has 3 aromatic rings. The van der Waals surface area contributed by atoms with Gasteiger partial charge in [0.05, 0.1) is 6.42 Å². The molecule has 0 aliphatic heterocycles. The number of rotatable bonds is 7. The van der Waals surface area contributed by atoms with Gasteiger partial charge < -0.3 is 14.4 Å². The van der Waals surface area contributed by atoms with E-state index >= 15 is 0 Å². The highest BCUT2D eigenvalue weighted by Crippen LogP contribution is 2.21. The summed E-state index contributed by atoms with van der Waals surface area (Å²) in [4.78, 5) is 26.3. The van der Waals surface area contributed by atoms with Crippen molar-refractivity contribution in [2.24, 2.45) is 0 Å². The number of aryl methyl sites for hydroxylation is 1. The SMILES string of the molecule is Cc1ccc(C(=O)N(C)c2ccc(OC(=O)Cc3ccc(OC(F)F)cc3)cc2)cc1. The first kappa shape index (κ1) is 22.0. The van der Waals surface area contributed by atoms with Gasteiger partial charge in [-0.15, -0.1) is 0 Å². The summed E-state index contributed by atoms with van der Waals surface area (Å²) in [6.45, 7) is -0.945. The van der Waals surface area contributed by atoms with Gasteiger partial charge in [-0.05, 0) is 61.0 Å². The highest BCUT2D eigenvalue weighted by molar-refractivity contribution is 6.05. The minimum absolute atomic E-state index is 0.0204. The lowest BCUT2D eigenvalue weighted by Crippen LogP contribution is -2.26. The van der Waals surface area contributed by atoms with Crippen LogP contribution in [0.5, 0.6) is 11.5 Å². The molecule has 0 N–H and O–H groups in total. The molecule has 0 aromatic heterocycles. The molecule has 0 atom stereocenters. The van der Waals surface area contributed by atoms with Crippen LogP contribution in [0.4, 0.5) is 14.5 Å². The van der Waals surface area contributed by atoms with Gasteiger partial charge in [-0.2, -0.15) is 8.78 Å². The summed E-state index contributed by atoms with van der Waals surface area (Å²) < 4.78 is 33.9. The second kappa shape index (κ2) is 9.84. The minimum Gasteiger partial charge on any atom is -0.435 e. The van der Waals surface area contributed by atoms with Gasteiger partial charge in [0.2, 0.25) is 0 Å². The summed E-state index contributed by atoms with van der Waals surface area (Å²) in [5, 5.41) is 0. The number of benzene rings is 3. The third kappa shape index (κ3) is 6.12. The standard InChI is InChI=1S/C24H21F2NO4/c1-16-3-7-18(8-4-16)23(29)27(2)19-9-13-20(14-10-19)30-22(28)15-17-5-11-21(12-6-17)31-24(25)26/h3-14,24H,15H2,1-2H3. The molecule has 0 heterocycles. The Hall–Kier alpha value is -3.74. The van der Waals surface area contributed by atoms with Crippen molar-refractivity contribution in [2.45, 2.75) is 20.0 Å². The molecule has 3 rings (SSSR count). The quantitative estimate of drug-likeness (QED) is 0.394. The molecule has 0 unspecified atom stereocenters. The molecule has 0 bridgehead atoms.